The zero-order valence-corrected chi connectivity index (χ0v) is 20.3. The van der Waals surface area contributed by atoms with Crippen LogP contribution in [0.1, 0.15) is 73.7 Å². The van der Waals surface area contributed by atoms with Crippen LogP contribution in [0.4, 0.5) is 0 Å². The normalized spacial score (nSPS) is 16.4. The number of aliphatic carboxylic acids is 1. The molecule has 0 spiro atoms. The second-order valence-electron chi connectivity index (χ2n) is 9.61. The maximum atomic E-state index is 13.8. The van der Waals surface area contributed by atoms with E-state index in [1.807, 2.05) is 0 Å². The summed E-state index contributed by atoms with van der Waals surface area (Å²) in [5.74, 6) is -4.66. The summed E-state index contributed by atoms with van der Waals surface area (Å²) in [5.41, 5.74) is -4.23. The number of ether oxygens (including phenoxy) is 1. The maximum Gasteiger partial charge on any atom is 0.340 e. The summed E-state index contributed by atoms with van der Waals surface area (Å²) in [6, 6.07) is 2.26. The van der Waals surface area contributed by atoms with E-state index in [1.165, 1.54) is 33.8 Å². The molecule has 1 aromatic carbocycles. The SMILES string of the molecule is Cc1c(C(=O)C(C(=O)O)(C(=O)C2CC2)C(C)(C)C)ccc(S(C)(=O)=O)c1C(=O)OC(C)C. The van der Waals surface area contributed by atoms with Crippen molar-refractivity contribution < 1.29 is 37.4 Å². The van der Waals surface area contributed by atoms with E-state index < -0.39 is 56.2 Å². The minimum absolute atomic E-state index is 0.0398. The minimum Gasteiger partial charge on any atom is -0.480 e. The predicted octanol–water partition coefficient (Wildman–Crippen LogP) is 3.24. The molecular weight excluding hydrogens is 436 g/mol. The number of hydrogen-bond acceptors (Lipinski definition) is 7. The average molecular weight is 467 g/mol. The summed E-state index contributed by atoms with van der Waals surface area (Å²) in [4.78, 5) is 52.0. The van der Waals surface area contributed by atoms with Gasteiger partial charge >= 0.3 is 11.9 Å². The number of benzene rings is 1. The summed E-state index contributed by atoms with van der Waals surface area (Å²) in [6.45, 7) is 9.06. The smallest absolute Gasteiger partial charge is 0.340 e. The first-order valence-corrected chi connectivity index (χ1v) is 12.2. The van der Waals surface area contributed by atoms with Gasteiger partial charge in [0.25, 0.3) is 0 Å². The molecule has 1 atom stereocenters. The van der Waals surface area contributed by atoms with Crippen molar-refractivity contribution >= 4 is 33.3 Å². The van der Waals surface area contributed by atoms with Crippen molar-refractivity contribution in [2.24, 2.45) is 16.7 Å². The van der Waals surface area contributed by atoms with E-state index in [1.54, 1.807) is 13.8 Å². The number of sulfone groups is 1. The third-order valence-corrected chi connectivity index (χ3v) is 6.86. The maximum absolute atomic E-state index is 13.8. The molecule has 176 valence electrons. The topological polar surface area (TPSA) is 132 Å². The Morgan fingerprint density at radius 2 is 1.62 bits per heavy atom. The van der Waals surface area contributed by atoms with Crippen molar-refractivity contribution in [3.8, 4) is 0 Å². The Bertz CT molecular complexity index is 1090. The number of carbonyl (C=O) groups is 4. The van der Waals surface area contributed by atoms with Crippen LogP contribution in [0.15, 0.2) is 17.0 Å². The van der Waals surface area contributed by atoms with Crippen molar-refractivity contribution in [2.75, 3.05) is 6.26 Å². The Balaban J connectivity index is 2.85. The molecule has 1 saturated carbocycles. The van der Waals surface area contributed by atoms with Crippen molar-refractivity contribution in [1.29, 1.82) is 0 Å². The van der Waals surface area contributed by atoms with E-state index in [9.17, 15) is 32.7 Å². The zero-order chi connectivity index (χ0) is 24.8. The van der Waals surface area contributed by atoms with Gasteiger partial charge in [-0.1, -0.05) is 20.8 Å². The second kappa shape index (κ2) is 8.42. The first-order valence-electron chi connectivity index (χ1n) is 10.3. The van der Waals surface area contributed by atoms with Gasteiger partial charge in [-0.2, -0.15) is 0 Å². The molecule has 32 heavy (non-hydrogen) atoms. The molecule has 8 nitrogen and oxygen atoms in total. The van der Waals surface area contributed by atoms with Gasteiger partial charge in [-0.25, -0.2) is 13.2 Å². The highest BCUT2D eigenvalue weighted by Gasteiger charge is 2.63. The molecule has 0 radical (unpaired) electrons. The zero-order valence-electron chi connectivity index (χ0n) is 19.4. The first kappa shape index (κ1) is 25.7. The lowest BCUT2D eigenvalue weighted by molar-refractivity contribution is -0.158. The highest BCUT2D eigenvalue weighted by Crippen LogP contribution is 2.49. The molecule has 1 fully saturated rings. The van der Waals surface area contributed by atoms with Gasteiger partial charge in [0.05, 0.1) is 16.6 Å². The molecule has 2 rings (SSSR count). The van der Waals surface area contributed by atoms with E-state index in [4.69, 9.17) is 4.74 Å². The fraction of sp³-hybridized carbons (Fsp3) is 0.565. The Kier molecular flexibility index (Phi) is 6.77. The van der Waals surface area contributed by atoms with Crippen LogP contribution in [0.3, 0.4) is 0 Å². The molecule has 0 aromatic heterocycles. The standard InChI is InChI=1S/C23H30O8S/c1-12(2)31-20(26)17-13(3)15(10-11-16(17)32(7,29)30)19(25)23(21(27)28,22(4,5)6)18(24)14-8-9-14/h10-12,14H,8-9H2,1-7H3,(H,27,28). The number of carbonyl (C=O) groups excluding carboxylic acids is 3. The minimum atomic E-state index is -3.87. The Labute approximate surface area is 188 Å². The summed E-state index contributed by atoms with van der Waals surface area (Å²) in [5, 5.41) is 10.2. The first-order chi connectivity index (χ1) is 14.5. The van der Waals surface area contributed by atoms with Crippen LogP contribution in [-0.2, 0) is 24.2 Å². The van der Waals surface area contributed by atoms with Crippen molar-refractivity contribution in [1.82, 2.24) is 0 Å². The fourth-order valence-electron chi connectivity index (χ4n) is 3.97. The number of carboxylic acid groups (broad SMARTS) is 1. The number of Topliss-reactive ketones (excluding diaryl/α,β-unsaturated/α-hetero) is 2. The summed E-state index contributed by atoms with van der Waals surface area (Å²) in [6.07, 6.45) is 1.38. The molecule has 1 aliphatic rings. The third-order valence-electron chi connectivity index (χ3n) is 5.72. The van der Waals surface area contributed by atoms with Crippen LogP contribution < -0.4 is 0 Å². The average Bonchev–Trinajstić information content (AvgIpc) is 3.43. The van der Waals surface area contributed by atoms with Crippen LogP contribution in [0.5, 0.6) is 0 Å². The summed E-state index contributed by atoms with van der Waals surface area (Å²) < 4.78 is 29.8. The monoisotopic (exact) mass is 466 g/mol. The quantitative estimate of drug-likeness (QED) is 0.351. The van der Waals surface area contributed by atoms with Crippen molar-refractivity contribution in [2.45, 2.75) is 65.4 Å². The molecule has 0 heterocycles. The fourth-order valence-corrected chi connectivity index (χ4v) is 4.89. The Morgan fingerprint density at radius 3 is 2.00 bits per heavy atom. The molecule has 1 aromatic rings. The van der Waals surface area contributed by atoms with Gasteiger partial charge in [0.15, 0.2) is 26.8 Å². The van der Waals surface area contributed by atoms with Gasteiger partial charge in [-0.15, -0.1) is 0 Å². The van der Waals surface area contributed by atoms with Crippen LogP contribution >= 0.6 is 0 Å². The second-order valence-corrected chi connectivity index (χ2v) is 11.6. The number of carboxylic acids is 1. The molecule has 9 heteroatoms. The van der Waals surface area contributed by atoms with Gasteiger partial charge < -0.3 is 9.84 Å². The van der Waals surface area contributed by atoms with Gasteiger partial charge in [0, 0.05) is 17.7 Å². The van der Waals surface area contributed by atoms with E-state index >= 15 is 0 Å². The largest absolute Gasteiger partial charge is 0.480 e. The lowest BCUT2D eigenvalue weighted by atomic mass is 9.59. The van der Waals surface area contributed by atoms with Crippen LogP contribution in [-0.4, -0.2) is 49.4 Å². The van der Waals surface area contributed by atoms with Gasteiger partial charge in [0.1, 0.15) is 0 Å². The molecular formula is C23H30O8S. The molecule has 0 aliphatic heterocycles. The van der Waals surface area contributed by atoms with E-state index in [2.05, 4.69) is 0 Å². The van der Waals surface area contributed by atoms with Crippen LogP contribution in [0.2, 0.25) is 0 Å². The lowest BCUT2D eigenvalue weighted by Gasteiger charge is -2.39. The van der Waals surface area contributed by atoms with Gasteiger partial charge in [0.2, 0.25) is 0 Å². The number of esters is 1. The Hall–Kier alpha value is -2.55. The number of rotatable bonds is 8. The summed E-state index contributed by atoms with van der Waals surface area (Å²) >= 11 is 0. The van der Waals surface area contributed by atoms with Gasteiger partial charge in [-0.05, 0) is 56.7 Å². The van der Waals surface area contributed by atoms with E-state index in [0.717, 1.165) is 12.3 Å². The lowest BCUT2D eigenvalue weighted by Crippen LogP contribution is -2.56. The van der Waals surface area contributed by atoms with Gasteiger partial charge in [-0.3, -0.25) is 14.4 Å². The van der Waals surface area contributed by atoms with Crippen molar-refractivity contribution in [3.63, 3.8) is 0 Å². The predicted molar refractivity (Wildman–Crippen MR) is 116 cm³/mol. The van der Waals surface area contributed by atoms with E-state index in [0.29, 0.717) is 12.8 Å². The molecule has 0 bridgehead atoms. The molecule has 1 aliphatic carbocycles. The molecule has 1 unspecified atom stereocenters. The van der Waals surface area contributed by atoms with Crippen LogP contribution in [0, 0.1) is 23.7 Å². The highest BCUT2D eigenvalue weighted by molar-refractivity contribution is 7.90. The molecule has 1 N–H and O–H groups in total. The number of ketones is 2. The summed E-state index contributed by atoms with van der Waals surface area (Å²) in [7, 11) is -3.87. The Morgan fingerprint density at radius 1 is 1.09 bits per heavy atom. The molecule has 0 saturated heterocycles. The molecule has 0 amide bonds. The number of hydrogen-bond donors (Lipinski definition) is 1. The van der Waals surface area contributed by atoms with Crippen LogP contribution in [0.25, 0.3) is 0 Å². The third kappa shape index (κ3) is 4.35. The highest BCUT2D eigenvalue weighted by atomic mass is 32.2. The van der Waals surface area contributed by atoms with E-state index in [-0.39, 0.29) is 21.6 Å². The van der Waals surface area contributed by atoms with Crippen molar-refractivity contribution in [3.05, 3.63) is 28.8 Å².